The van der Waals surface area contributed by atoms with Gasteiger partial charge in [-0.05, 0) is 57.6 Å². The van der Waals surface area contributed by atoms with Gasteiger partial charge >= 0.3 is 0 Å². The molecule has 1 N–H and O–H groups in total. The van der Waals surface area contributed by atoms with Crippen LogP contribution in [0.4, 0.5) is 11.4 Å². The Labute approximate surface area is 168 Å². The first kappa shape index (κ1) is 17.5. The largest absolute Gasteiger partial charge is 0.355 e. The zero-order chi connectivity index (χ0) is 20.1. The first-order valence-corrected chi connectivity index (χ1v) is 9.90. The van der Waals surface area contributed by atoms with Crippen LogP contribution >= 0.6 is 0 Å². The van der Waals surface area contributed by atoms with E-state index in [4.69, 9.17) is 0 Å². The summed E-state index contributed by atoms with van der Waals surface area (Å²) in [6.45, 7) is 6.59. The molecule has 0 aliphatic rings. The number of rotatable bonds is 3. The molecule has 1 heterocycles. The molecule has 4 aromatic carbocycles. The Morgan fingerprint density at radius 2 is 1.62 bits per heavy atom. The van der Waals surface area contributed by atoms with Crippen LogP contribution < -0.4 is 16.1 Å². The monoisotopic (exact) mass is 378 g/mol. The van der Waals surface area contributed by atoms with Crippen molar-refractivity contribution in [2.45, 2.75) is 13.3 Å². The lowest BCUT2D eigenvalue weighted by atomic mass is 9.94. The Bertz CT molecular complexity index is 1490. The van der Waals surface area contributed by atoms with Crippen molar-refractivity contribution < 1.29 is 0 Å². The number of pyridine rings is 1. The van der Waals surface area contributed by atoms with Crippen LogP contribution in [-0.2, 0) is 13.5 Å². The number of nitrogens with one attached hydrogen (secondary N) is 1. The standard InChI is InChI=1S/C26H22N2O/c1-4-17-9-11-18(12-10-17)27-22-13-14-23-26-21(15-24(29)28(23)3)20-8-6-5-7-19(20)16(2)25(22)26/h5-15,27H,2,4H2,1,3H3. The van der Waals surface area contributed by atoms with E-state index in [0.29, 0.717) is 0 Å². The van der Waals surface area contributed by atoms with Crippen molar-refractivity contribution in [2.75, 3.05) is 5.32 Å². The van der Waals surface area contributed by atoms with Gasteiger partial charge in [-0.25, -0.2) is 0 Å². The first-order chi connectivity index (χ1) is 14.1. The summed E-state index contributed by atoms with van der Waals surface area (Å²) in [4.78, 5) is 12.6. The number of aromatic nitrogens is 1. The second kappa shape index (κ2) is 6.49. The predicted octanol–water partition coefficient (Wildman–Crippen LogP) is 5.28. The van der Waals surface area contributed by atoms with Gasteiger partial charge in [0.1, 0.15) is 0 Å². The number of fused-ring (bicyclic) bond motifs is 2. The molecule has 1 aromatic heterocycles. The quantitative estimate of drug-likeness (QED) is 0.342. The van der Waals surface area contributed by atoms with E-state index < -0.39 is 0 Å². The normalized spacial score (nSPS) is 11.5. The van der Waals surface area contributed by atoms with Crippen molar-refractivity contribution in [2.24, 2.45) is 7.05 Å². The summed E-state index contributed by atoms with van der Waals surface area (Å²) in [7, 11) is 1.82. The molecule has 0 saturated carbocycles. The van der Waals surface area contributed by atoms with Crippen LogP contribution in [0, 0.1) is 0 Å². The molecule has 0 amide bonds. The van der Waals surface area contributed by atoms with Crippen molar-refractivity contribution >= 4 is 50.4 Å². The second-order valence-electron chi connectivity index (χ2n) is 7.54. The predicted molar refractivity (Wildman–Crippen MR) is 124 cm³/mol. The minimum atomic E-state index is -0.00312. The maximum atomic E-state index is 12.6. The molecule has 0 radical (unpaired) electrons. The summed E-state index contributed by atoms with van der Waals surface area (Å²) >= 11 is 0. The van der Waals surface area contributed by atoms with Crippen LogP contribution in [0.3, 0.4) is 0 Å². The minimum absolute atomic E-state index is 0.00312. The Morgan fingerprint density at radius 1 is 0.897 bits per heavy atom. The second-order valence-corrected chi connectivity index (χ2v) is 7.54. The molecule has 5 rings (SSSR count). The third-order valence-corrected chi connectivity index (χ3v) is 5.90. The van der Waals surface area contributed by atoms with E-state index in [-0.39, 0.29) is 5.56 Å². The lowest BCUT2D eigenvalue weighted by Gasteiger charge is -2.17. The van der Waals surface area contributed by atoms with Crippen LogP contribution in [0.25, 0.3) is 39.0 Å². The average molecular weight is 378 g/mol. The van der Waals surface area contributed by atoms with E-state index in [1.165, 1.54) is 5.56 Å². The van der Waals surface area contributed by atoms with Gasteiger partial charge in [-0.15, -0.1) is 0 Å². The molecular formula is C26H22N2O. The summed E-state index contributed by atoms with van der Waals surface area (Å²) in [5, 5.41) is 9.81. The van der Waals surface area contributed by atoms with Crippen LogP contribution in [-0.4, -0.2) is 4.57 Å². The molecule has 0 aliphatic heterocycles. The third kappa shape index (κ3) is 2.62. The summed E-state index contributed by atoms with van der Waals surface area (Å²) in [6.07, 6.45) is 1.02. The van der Waals surface area contributed by atoms with Crippen molar-refractivity contribution in [1.29, 1.82) is 0 Å². The molecular weight excluding hydrogens is 356 g/mol. The smallest absolute Gasteiger partial charge is 0.251 e. The molecule has 0 unspecified atom stereocenters. The zero-order valence-corrected chi connectivity index (χ0v) is 16.6. The highest BCUT2D eigenvalue weighted by Gasteiger charge is 2.15. The third-order valence-electron chi connectivity index (χ3n) is 5.90. The van der Waals surface area contributed by atoms with Gasteiger partial charge in [0, 0.05) is 35.3 Å². The zero-order valence-electron chi connectivity index (χ0n) is 16.6. The summed E-state index contributed by atoms with van der Waals surface area (Å²) in [6, 6.07) is 22.5. The van der Waals surface area contributed by atoms with Gasteiger partial charge in [-0.3, -0.25) is 4.79 Å². The number of hydrogen-bond donors (Lipinski definition) is 1. The Morgan fingerprint density at radius 3 is 2.34 bits per heavy atom. The fraction of sp³-hybridized carbons (Fsp3) is 0.115. The summed E-state index contributed by atoms with van der Waals surface area (Å²) in [5.41, 5.74) is 4.27. The van der Waals surface area contributed by atoms with E-state index >= 15 is 0 Å². The maximum Gasteiger partial charge on any atom is 0.251 e. The molecule has 0 bridgehead atoms. The first-order valence-electron chi connectivity index (χ1n) is 9.90. The molecule has 142 valence electrons. The van der Waals surface area contributed by atoms with E-state index in [1.807, 2.05) is 31.3 Å². The number of anilines is 2. The van der Waals surface area contributed by atoms with Crippen LogP contribution in [0.1, 0.15) is 12.5 Å². The van der Waals surface area contributed by atoms with Crippen molar-refractivity contribution in [3.63, 3.8) is 0 Å². The molecule has 5 aromatic rings. The highest BCUT2D eigenvalue weighted by Crippen LogP contribution is 2.34. The highest BCUT2D eigenvalue weighted by atomic mass is 16.1. The van der Waals surface area contributed by atoms with Gasteiger partial charge in [0.15, 0.2) is 0 Å². The number of aryl methyl sites for hydroxylation is 2. The Kier molecular flexibility index (Phi) is 3.92. The van der Waals surface area contributed by atoms with Gasteiger partial charge in [-0.2, -0.15) is 0 Å². The van der Waals surface area contributed by atoms with E-state index in [9.17, 15) is 4.79 Å². The van der Waals surface area contributed by atoms with Crippen LogP contribution in [0.15, 0.2) is 71.5 Å². The Balaban J connectivity index is 1.88. The van der Waals surface area contributed by atoms with E-state index in [2.05, 4.69) is 55.2 Å². The van der Waals surface area contributed by atoms with Gasteiger partial charge in [0.2, 0.25) is 0 Å². The van der Waals surface area contributed by atoms with Gasteiger partial charge in [0.05, 0.1) is 5.52 Å². The number of benzene rings is 4. The molecule has 0 saturated heterocycles. The van der Waals surface area contributed by atoms with Crippen molar-refractivity contribution in [3.8, 4) is 0 Å². The average Bonchev–Trinajstić information content (AvgIpc) is 2.75. The lowest BCUT2D eigenvalue weighted by molar-refractivity contribution is 0.910. The van der Waals surface area contributed by atoms with Crippen LogP contribution in [0.5, 0.6) is 0 Å². The van der Waals surface area contributed by atoms with Gasteiger partial charge in [-0.1, -0.05) is 49.9 Å². The fourth-order valence-electron chi connectivity index (χ4n) is 4.28. The SMILES string of the molecule is C=c1c2ccccc2c2cc(=O)n(C)c3ccc(Nc4ccc(CC)cc4)c1c23. The lowest BCUT2D eigenvalue weighted by Crippen LogP contribution is -2.17. The molecule has 0 aliphatic carbocycles. The van der Waals surface area contributed by atoms with Crippen molar-refractivity contribution in [3.05, 3.63) is 87.9 Å². The Hall–Kier alpha value is -3.59. The minimum Gasteiger partial charge on any atom is -0.355 e. The topological polar surface area (TPSA) is 34.0 Å². The van der Waals surface area contributed by atoms with Crippen molar-refractivity contribution in [1.82, 2.24) is 4.57 Å². The molecule has 0 fully saturated rings. The van der Waals surface area contributed by atoms with Gasteiger partial charge in [0.25, 0.3) is 5.56 Å². The van der Waals surface area contributed by atoms with E-state index in [1.54, 1.807) is 10.6 Å². The highest BCUT2D eigenvalue weighted by molar-refractivity contribution is 6.23. The molecule has 3 nitrogen and oxygen atoms in total. The van der Waals surface area contributed by atoms with E-state index in [0.717, 1.165) is 55.5 Å². The fourth-order valence-corrected chi connectivity index (χ4v) is 4.28. The molecule has 3 heteroatoms. The molecule has 29 heavy (non-hydrogen) atoms. The molecule has 0 spiro atoms. The summed E-state index contributed by atoms with van der Waals surface area (Å²) < 4.78 is 1.71. The maximum absolute atomic E-state index is 12.6. The number of hydrogen-bond acceptors (Lipinski definition) is 2. The summed E-state index contributed by atoms with van der Waals surface area (Å²) in [5.74, 6) is 0. The molecule has 0 atom stereocenters. The van der Waals surface area contributed by atoms with Crippen LogP contribution in [0.2, 0.25) is 0 Å². The number of nitrogens with zero attached hydrogens (tertiary/aromatic N) is 1. The van der Waals surface area contributed by atoms with Gasteiger partial charge < -0.3 is 9.88 Å².